The smallest absolute Gasteiger partial charge is 0.0852 e. The molecule has 0 fully saturated rings. The van der Waals surface area contributed by atoms with Crippen LogP contribution in [0.2, 0.25) is 0 Å². The first kappa shape index (κ1) is 12.1. The Balaban J connectivity index is 2.20. The zero-order valence-corrected chi connectivity index (χ0v) is 9.73. The van der Waals surface area contributed by atoms with Crippen molar-refractivity contribution in [1.82, 2.24) is 20.3 Å². The quantitative estimate of drug-likeness (QED) is 0.674. The molecule has 0 aromatic carbocycles. The molecule has 1 heterocycles. The average Bonchev–Trinajstić information content (AvgIpc) is 2.66. The first-order chi connectivity index (χ1) is 7.24. The van der Waals surface area contributed by atoms with E-state index in [1.165, 1.54) is 0 Å². The van der Waals surface area contributed by atoms with Crippen LogP contribution in [0.25, 0.3) is 0 Å². The zero-order chi connectivity index (χ0) is 11.1. The van der Waals surface area contributed by atoms with Gasteiger partial charge in [0.1, 0.15) is 0 Å². The predicted octanol–water partition coefficient (Wildman–Crippen LogP) is 0.637. The van der Waals surface area contributed by atoms with Crippen molar-refractivity contribution in [3.63, 3.8) is 0 Å². The highest BCUT2D eigenvalue weighted by Crippen LogP contribution is 2.08. The van der Waals surface area contributed by atoms with Crippen molar-refractivity contribution in [3.05, 3.63) is 11.9 Å². The molecule has 0 aliphatic heterocycles. The third kappa shape index (κ3) is 4.40. The summed E-state index contributed by atoms with van der Waals surface area (Å²) in [5.74, 6) is 0.434. The number of rotatable bonds is 7. The van der Waals surface area contributed by atoms with Crippen molar-refractivity contribution >= 4 is 0 Å². The van der Waals surface area contributed by atoms with Gasteiger partial charge in [0.15, 0.2) is 0 Å². The van der Waals surface area contributed by atoms with Crippen molar-refractivity contribution in [2.24, 2.45) is 0 Å². The lowest BCUT2D eigenvalue weighted by Gasteiger charge is -2.03. The second kappa shape index (κ2) is 6.53. The van der Waals surface area contributed by atoms with E-state index in [4.69, 9.17) is 4.74 Å². The van der Waals surface area contributed by atoms with E-state index in [0.717, 1.165) is 25.4 Å². The fourth-order valence-corrected chi connectivity index (χ4v) is 1.12. The zero-order valence-electron chi connectivity index (χ0n) is 9.73. The Labute approximate surface area is 90.8 Å². The van der Waals surface area contributed by atoms with E-state index in [9.17, 15) is 0 Å². The van der Waals surface area contributed by atoms with Gasteiger partial charge in [0.2, 0.25) is 0 Å². The van der Waals surface area contributed by atoms with Gasteiger partial charge in [-0.05, 0) is 13.0 Å². The predicted molar refractivity (Wildman–Crippen MR) is 58.9 cm³/mol. The molecule has 86 valence electrons. The molecule has 15 heavy (non-hydrogen) atoms. The van der Waals surface area contributed by atoms with Crippen LogP contribution in [0.5, 0.6) is 0 Å². The lowest BCUT2D eigenvalue weighted by molar-refractivity contribution is 0.126. The van der Waals surface area contributed by atoms with E-state index >= 15 is 0 Å². The fraction of sp³-hybridized carbons (Fsp3) is 0.800. The maximum atomic E-state index is 5.40. The van der Waals surface area contributed by atoms with E-state index in [0.29, 0.717) is 12.5 Å². The third-order valence-electron chi connectivity index (χ3n) is 2.11. The van der Waals surface area contributed by atoms with Crippen molar-refractivity contribution in [2.75, 3.05) is 26.8 Å². The summed E-state index contributed by atoms with van der Waals surface area (Å²) in [6.45, 7) is 7.29. The molecule has 5 heteroatoms. The highest BCUT2D eigenvalue weighted by molar-refractivity contribution is 4.97. The van der Waals surface area contributed by atoms with Gasteiger partial charge in [-0.1, -0.05) is 19.1 Å². The van der Waals surface area contributed by atoms with Gasteiger partial charge in [-0.2, -0.15) is 0 Å². The number of ether oxygens (including phenoxy) is 1. The van der Waals surface area contributed by atoms with Gasteiger partial charge < -0.3 is 10.1 Å². The van der Waals surface area contributed by atoms with Gasteiger partial charge in [-0.25, -0.2) is 4.68 Å². The summed E-state index contributed by atoms with van der Waals surface area (Å²) >= 11 is 0. The summed E-state index contributed by atoms with van der Waals surface area (Å²) in [6.07, 6.45) is 1.98. The minimum atomic E-state index is 0.434. The molecule has 0 spiro atoms. The van der Waals surface area contributed by atoms with Crippen LogP contribution in [-0.2, 0) is 11.3 Å². The molecule has 0 unspecified atom stereocenters. The molecular weight excluding hydrogens is 192 g/mol. The van der Waals surface area contributed by atoms with E-state index in [1.807, 2.05) is 17.9 Å². The Morgan fingerprint density at radius 3 is 2.87 bits per heavy atom. The van der Waals surface area contributed by atoms with E-state index in [2.05, 4.69) is 29.5 Å². The molecule has 0 radical (unpaired) electrons. The van der Waals surface area contributed by atoms with Gasteiger partial charge in [-0.15, -0.1) is 5.10 Å². The number of likely N-dealkylation sites (N-methyl/N-ethyl adjacent to an activating group) is 1. The van der Waals surface area contributed by atoms with Gasteiger partial charge in [-0.3, -0.25) is 0 Å². The largest absolute Gasteiger partial charge is 0.378 e. The second-order valence-electron chi connectivity index (χ2n) is 3.78. The number of hydrogen-bond donors (Lipinski definition) is 1. The molecule has 0 saturated carbocycles. The minimum Gasteiger partial charge on any atom is -0.378 e. The first-order valence-electron chi connectivity index (χ1n) is 5.36. The van der Waals surface area contributed by atoms with Crippen molar-refractivity contribution < 1.29 is 4.74 Å². The van der Waals surface area contributed by atoms with Crippen molar-refractivity contribution in [1.29, 1.82) is 0 Å². The summed E-state index contributed by atoms with van der Waals surface area (Å²) in [4.78, 5) is 0. The average molecular weight is 212 g/mol. The minimum absolute atomic E-state index is 0.434. The third-order valence-corrected chi connectivity index (χ3v) is 2.11. The van der Waals surface area contributed by atoms with Crippen molar-refractivity contribution in [2.45, 2.75) is 26.3 Å². The lowest BCUT2D eigenvalue weighted by atomic mass is 10.2. The molecule has 1 aromatic heterocycles. The van der Waals surface area contributed by atoms with E-state index in [-0.39, 0.29) is 0 Å². The van der Waals surface area contributed by atoms with Gasteiger partial charge in [0.05, 0.1) is 25.5 Å². The van der Waals surface area contributed by atoms with Crippen LogP contribution in [-0.4, -0.2) is 41.8 Å². The Morgan fingerprint density at radius 1 is 1.47 bits per heavy atom. The maximum Gasteiger partial charge on any atom is 0.0852 e. The van der Waals surface area contributed by atoms with Crippen molar-refractivity contribution in [3.8, 4) is 0 Å². The summed E-state index contributed by atoms with van der Waals surface area (Å²) in [5, 5.41) is 11.1. The maximum absolute atomic E-state index is 5.40. The molecule has 0 bridgehead atoms. The van der Waals surface area contributed by atoms with Gasteiger partial charge in [0, 0.05) is 12.7 Å². The van der Waals surface area contributed by atoms with Crippen LogP contribution in [0, 0.1) is 0 Å². The summed E-state index contributed by atoms with van der Waals surface area (Å²) in [5.41, 5.74) is 1.03. The Morgan fingerprint density at radius 2 is 2.27 bits per heavy atom. The number of nitrogens with zero attached hydrogens (tertiary/aromatic N) is 3. The summed E-state index contributed by atoms with van der Waals surface area (Å²) in [6, 6.07) is 0. The normalized spacial score (nSPS) is 11.2. The van der Waals surface area contributed by atoms with Crippen LogP contribution in [0.1, 0.15) is 25.5 Å². The topological polar surface area (TPSA) is 52.0 Å². The van der Waals surface area contributed by atoms with Gasteiger partial charge >= 0.3 is 0 Å². The van der Waals surface area contributed by atoms with Gasteiger partial charge in [0.25, 0.3) is 0 Å². The highest BCUT2D eigenvalue weighted by Gasteiger charge is 2.03. The molecule has 5 nitrogen and oxygen atoms in total. The van der Waals surface area contributed by atoms with E-state index in [1.54, 1.807) is 0 Å². The van der Waals surface area contributed by atoms with Crippen LogP contribution in [0.15, 0.2) is 6.20 Å². The van der Waals surface area contributed by atoms with Crippen LogP contribution in [0.3, 0.4) is 0 Å². The molecule has 0 aliphatic carbocycles. The standard InChI is InChI=1S/C10H20N4O/c1-9(2)10-8-14(13-12-10)5-7-15-6-4-11-3/h8-9,11H,4-7H2,1-3H3. The molecular formula is C10H20N4O. The molecule has 1 aromatic rings. The molecule has 0 amide bonds. The SMILES string of the molecule is CNCCOCCn1cc(C(C)C)nn1. The molecule has 0 aliphatic rings. The molecule has 0 atom stereocenters. The Bertz CT molecular complexity index is 272. The number of aromatic nitrogens is 3. The van der Waals surface area contributed by atoms with E-state index < -0.39 is 0 Å². The lowest BCUT2D eigenvalue weighted by Crippen LogP contribution is -2.16. The Hall–Kier alpha value is -0.940. The fourth-order valence-electron chi connectivity index (χ4n) is 1.12. The number of nitrogens with one attached hydrogen (secondary N) is 1. The molecule has 1 N–H and O–H groups in total. The molecule has 0 saturated heterocycles. The molecule has 1 rings (SSSR count). The monoisotopic (exact) mass is 212 g/mol. The second-order valence-corrected chi connectivity index (χ2v) is 3.78. The number of hydrogen-bond acceptors (Lipinski definition) is 4. The first-order valence-corrected chi connectivity index (χ1v) is 5.36. The Kier molecular flexibility index (Phi) is 5.28. The summed E-state index contributed by atoms with van der Waals surface area (Å²) in [7, 11) is 1.91. The van der Waals surface area contributed by atoms with Crippen LogP contribution in [0.4, 0.5) is 0 Å². The van der Waals surface area contributed by atoms with Crippen LogP contribution >= 0.6 is 0 Å². The summed E-state index contributed by atoms with van der Waals surface area (Å²) < 4.78 is 7.22. The highest BCUT2D eigenvalue weighted by atomic mass is 16.5. The van der Waals surface area contributed by atoms with Crippen LogP contribution < -0.4 is 5.32 Å².